The number of nitrogens with one attached hydrogen (secondary N) is 1. The average Bonchev–Trinajstić information content (AvgIpc) is 2.63. The summed E-state index contributed by atoms with van der Waals surface area (Å²) in [5, 5.41) is 4.49. The highest BCUT2D eigenvalue weighted by Crippen LogP contribution is 2.27. The van der Waals surface area contributed by atoms with Gasteiger partial charge in [-0.15, -0.1) is 0 Å². The molecular weight excluding hydrogens is 372 g/mol. The molecule has 142 valence electrons. The summed E-state index contributed by atoms with van der Waals surface area (Å²) in [6.07, 6.45) is 1.43. The molecule has 0 aliphatic heterocycles. The maximum Gasteiger partial charge on any atom is 0.308 e. The summed E-state index contributed by atoms with van der Waals surface area (Å²) in [4.78, 5) is 22.8. The third-order valence-electron chi connectivity index (χ3n) is 3.34. The van der Waals surface area contributed by atoms with E-state index in [0.717, 1.165) is 5.56 Å². The summed E-state index contributed by atoms with van der Waals surface area (Å²) in [6, 6.07) is 10.0. The molecule has 0 unspecified atom stereocenters. The Bertz CT molecular complexity index is 867. The number of amides is 1. The Hall–Kier alpha value is -3.06. The van der Waals surface area contributed by atoms with Crippen LogP contribution in [0.2, 0.25) is 5.02 Å². The number of halogens is 1. The lowest BCUT2D eigenvalue weighted by Gasteiger charge is -2.08. The minimum Gasteiger partial charge on any atom is -0.493 e. The number of nitrogens with zero attached hydrogens (tertiary/aromatic N) is 1. The number of hydrogen-bond acceptors (Lipinski definition) is 6. The summed E-state index contributed by atoms with van der Waals surface area (Å²) in [5.74, 6) is 0.363. The van der Waals surface area contributed by atoms with Gasteiger partial charge in [-0.25, -0.2) is 5.43 Å². The fourth-order valence-electron chi connectivity index (χ4n) is 2.07. The molecule has 2 aromatic carbocycles. The van der Waals surface area contributed by atoms with Crippen LogP contribution in [0.1, 0.15) is 18.1 Å². The van der Waals surface area contributed by atoms with Crippen LogP contribution in [-0.4, -0.2) is 31.8 Å². The Labute approximate surface area is 161 Å². The molecule has 8 heteroatoms. The zero-order valence-corrected chi connectivity index (χ0v) is 15.9. The second kappa shape index (κ2) is 9.59. The van der Waals surface area contributed by atoms with Crippen molar-refractivity contribution in [2.45, 2.75) is 13.8 Å². The van der Waals surface area contributed by atoms with Crippen LogP contribution in [0.3, 0.4) is 0 Å². The zero-order valence-electron chi connectivity index (χ0n) is 15.1. The van der Waals surface area contributed by atoms with E-state index in [2.05, 4.69) is 10.5 Å². The molecule has 0 bridgehead atoms. The molecule has 0 radical (unpaired) electrons. The molecule has 0 aromatic heterocycles. The van der Waals surface area contributed by atoms with E-state index in [4.69, 9.17) is 25.8 Å². The van der Waals surface area contributed by atoms with Crippen LogP contribution in [0.15, 0.2) is 41.5 Å². The van der Waals surface area contributed by atoms with Gasteiger partial charge in [0.15, 0.2) is 18.1 Å². The van der Waals surface area contributed by atoms with Gasteiger partial charge in [0.25, 0.3) is 5.91 Å². The number of hydrazone groups is 1. The number of hydrogen-bond donors (Lipinski definition) is 1. The molecule has 0 fully saturated rings. The van der Waals surface area contributed by atoms with Crippen LogP contribution >= 0.6 is 11.6 Å². The van der Waals surface area contributed by atoms with Gasteiger partial charge in [-0.1, -0.05) is 11.6 Å². The average molecular weight is 391 g/mol. The van der Waals surface area contributed by atoms with E-state index in [9.17, 15) is 9.59 Å². The Morgan fingerprint density at radius 3 is 2.63 bits per heavy atom. The molecule has 7 nitrogen and oxygen atoms in total. The highest BCUT2D eigenvalue weighted by atomic mass is 35.5. The maximum absolute atomic E-state index is 11.8. The lowest BCUT2D eigenvalue weighted by atomic mass is 10.2. The van der Waals surface area contributed by atoms with Crippen molar-refractivity contribution in [2.75, 3.05) is 13.7 Å². The minimum atomic E-state index is -0.446. The standard InChI is InChI=1S/C19H19ClN2O5/c1-12-8-15(5-6-16(12)20)26-11-19(24)22-21-10-14-4-7-17(27-13(2)23)18(9-14)25-3/h4-10H,11H2,1-3H3,(H,22,24)/b21-10-. The first kappa shape index (κ1) is 20.3. The van der Waals surface area contributed by atoms with Crippen molar-refractivity contribution in [1.82, 2.24) is 5.43 Å². The van der Waals surface area contributed by atoms with Crippen LogP contribution in [0.25, 0.3) is 0 Å². The van der Waals surface area contributed by atoms with Gasteiger partial charge in [0.1, 0.15) is 5.75 Å². The van der Waals surface area contributed by atoms with Crippen molar-refractivity contribution in [1.29, 1.82) is 0 Å². The largest absolute Gasteiger partial charge is 0.493 e. The van der Waals surface area contributed by atoms with Crippen molar-refractivity contribution in [3.8, 4) is 17.2 Å². The predicted molar refractivity (Wildman–Crippen MR) is 102 cm³/mol. The first-order chi connectivity index (χ1) is 12.9. The topological polar surface area (TPSA) is 86.2 Å². The van der Waals surface area contributed by atoms with Crippen LogP contribution < -0.4 is 19.6 Å². The van der Waals surface area contributed by atoms with Gasteiger partial charge >= 0.3 is 5.97 Å². The number of methoxy groups -OCH3 is 1. The van der Waals surface area contributed by atoms with Gasteiger partial charge in [-0.05, 0) is 54.4 Å². The number of rotatable bonds is 7. The Morgan fingerprint density at radius 2 is 1.96 bits per heavy atom. The van der Waals surface area contributed by atoms with E-state index in [1.54, 1.807) is 36.4 Å². The first-order valence-electron chi connectivity index (χ1n) is 7.96. The van der Waals surface area contributed by atoms with E-state index < -0.39 is 11.9 Å². The van der Waals surface area contributed by atoms with Crippen LogP contribution in [0.5, 0.6) is 17.2 Å². The number of esters is 1. The summed E-state index contributed by atoms with van der Waals surface area (Å²) in [7, 11) is 1.46. The zero-order chi connectivity index (χ0) is 19.8. The molecular formula is C19H19ClN2O5. The summed E-state index contributed by atoms with van der Waals surface area (Å²) >= 11 is 5.94. The lowest BCUT2D eigenvalue weighted by molar-refractivity contribution is -0.132. The van der Waals surface area contributed by atoms with E-state index in [1.165, 1.54) is 20.2 Å². The molecule has 0 atom stereocenters. The second-order valence-corrected chi connectivity index (χ2v) is 5.90. The van der Waals surface area contributed by atoms with Gasteiger partial charge < -0.3 is 14.2 Å². The highest BCUT2D eigenvalue weighted by molar-refractivity contribution is 6.31. The fraction of sp³-hybridized carbons (Fsp3) is 0.211. The molecule has 0 spiro atoms. The predicted octanol–water partition coefficient (Wildman–Crippen LogP) is 3.11. The quantitative estimate of drug-likeness (QED) is 0.340. The Balaban J connectivity index is 1.89. The molecule has 2 rings (SSSR count). The summed E-state index contributed by atoms with van der Waals surface area (Å²) in [6.45, 7) is 2.96. The molecule has 27 heavy (non-hydrogen) atoms. The van der Waals surface area contributed by atoms with Crippen molar-refractivity contribution in [3.05, 3.63) is 52.5 Å². The third kappa shape index (κ3) is 6.31. The van der Waals surface area contributed by atoms with Gasteiger partial charge in [0, 0.05) is 11.9 Å². The number of aryl methyl sites for hydroxylation is 1. The number of ether oxygens (including phenoxy) is 3. The Morgan fingerprint density at radius 1 is 1.19 bits per heavy atom. The molecule has 1 N–H and O–H groups in total. The van der Waals surface area contributed by atoms with Gasteiger partial charge in [-0.3, -0.25) is 9.59 Å². The van der Waals surface area contributed by atoms with E-state index >= 15 is 0 Å². The SMILES string of the molecule is COc1cc(/C=N\NC(=O)COc2ccc(Cl)c(C)c2)ccc1OC(C)=O. The number of carbonyl (C=O) groups is 2. The van der Waals surface area contributed by atoms with E-state index in [0.29, 0.717) is 27.8 Å². The minimum absolute atomic E-state index is 0.187. The first-order valence-corrected chi connectivity index (χ1v) is 8.34. The van der Waals surface area contributed by atoms with Crippen LogP contribution in [0, 0.1) is 6.92 Å². The molecule has 0 heterocycles. The van der Waals surface area contributed by atoms with E-state index in [-0.39, 0.29) is 6.61 Å². The van der Waals surface area contributed by atoms with Crippen molar-refractivity contribution >= 4 is 29.7 Å². The van der Waals surface area contributed by atoms with Crippen molar-refractivity contribution in [2.24, 2.45) is 5.10 Å². The maximum atomic E-state index is 11.8. The smallest absolute Gasteiger partial charge is 0.308 e. The van der Waals surface area contributed by atoms with Crippen LogP contribution in [0.4, 0.5) is 0 Å². The normalized spacial score (nSPS) is 10.5. The molecule has 0 saturated heterocycles. The lowest BCUT2D eigenvalue weighted by Crippen LogP contribution is -2.24. The fourth-order valence-corrected chi connectivity index (χ4v) is 2.19. The molecule has 2 aromatic rings. The van der Waals surface area contributed by atoms with Gasteiger partial charge in [0.2, 0.25) is 0 Å². The summed E-state index contributed by atoms with van der Waals surface area (Å²) < 4.78 is 15.6. The second-order valence-electron chi connectivity index (χ2n) is 5.50. The monoisotopic (exact) mass is 390 g/mol. The molecule has 0 aliphatic carbocycles. The molecule has 1 amide bonds. The Kier molecular flexibility index (Phi) is 7.19. The molecule has 0 aliphatic rings. The van der Waals surface area contributed by atoms with Crippen molar-refractivity contribution < 1.29 is 23.8 Å². The highest BCUT2D eigenvalue weighted by Gasteiger charge is 2.07. The van der Waals surface area contributed by atoms with Crippen molar-refractivity contribution in [3.63, 3.8) is 0 Å². The van der Waals surface area contributed by atoms with E-state index in [1.807, 2.05) is 6.92 Å². The van der Waals surface area contributed by atoms with Gasteiger partial charge in [0.05, 0.1) is 13.3 Å². The molecule has 0 saturated carbocycles. The number of benzene rings is 2. The third-order valence-corrected chi connectivity index (χ3v) is 3.77. The number of carbonyl (C=O) groups excluding carboxylic acids is 2. The summed E-state index contributed by atoms with van der Waals surface area (Å²) in [5.41, 5.74) is 3.88. The van der Waals surface area contributed by atoms with Crippen LogP contribution in [-0.2, 0) is 9.59 Å². The van der Waals surface area contributed by atoms with Gasteiger partial charge in [-0.2, -0.15) is 5.10 Å².